The van der Waals surface area contributed by atoms with Crippen molar-refractivity contribution in [2.45, 2.75) is 219 Å². The van der Waals surface area contributed by atoms with Gasteiger partial charge in [0.05, 0.1) is 6.61 Å². The molecule has 0 N–H and O–H groups in total. The summed E-state index contributed by atoms with van der Waals surface area (Å²) in [5.41, 5.74) is 0. The molecule has 0 aromatic rings. The highest BCUT2D eigenvalue weighted by atomic mass is 16.6. The second kappa shape index (κ2) is 46.7. The van der Waals surface area contributed by atoms with Crippen molar-refractivity contribution in [2.24, 2.45) is 0 Å². The molecule has 5 nitrogen and oxygen atoms in total. The summed E-state index contributed by atoms with van der Waals surface area (Å²) in [4.78, 5) is 25.2. The van der Waals surface area contributed by atoms with Crippen molar-refractivity contribution < 1.29 is 23.8 Å². The fourth-order valence-electron chi connectivity index (χ4n) is 6.30. The lowest BCUT2D eigenvalue weighted by Gasteiger charge is -2.18. The van der Waals surface area contributed by atoms with E-state index >= 15 is 0 Å². The number of rotatable bonds is 42. The zero-order valence-corrected chi connectivity index (χ0v) is 36.9. The molecular weight excluding hydrogens is 693 g/mol. The standard InChI is InChI=1S/C51H88O5/c1-4-7-10-13-16-18-20-22-24-25-26-27-29-30-32-34-36-38-41-44-50(52)55-48-49(47-54-46-43-40-15-12-9-6-3)56-51(53)45-42-39-37-35-33-31-28-23-21-19-17-14-11-8-5-2/h7,10,16,18,22,24,26-27,30,32,36,38,49H,4-6,8-9,11-15,17,19-21,23,25,28-29,31,33-35,37,39-48H2,1-3H3/b10-7-,18-16-,24-22-,27-26-,32-30-,38-36-. The van der Waals surface area contributed by atoms with Crippen LogP contribution in [0.25, 0.3) is 0 Å². The minimum atomic E-state index is -0.561. The van der Waals surface area contributed by atoms with E-state index in [0.29, 0.717) is 25.9 Å². The third-order valence-corrected chi connectivity index (χ3v) is 9.77. The zero-order chi connectivity index (χ0) is 40.7. The molecular formula is C51H88O5. The van der Waals surface area contributed by atoms with Crippen LogP contribution in [0, 0.1) is 0 Å². The highest BCUT2D eigenvalue weighted by Crippen LogP contribution is 2.14. The number of ether oxygens (including phenoxy) is 3. The Morgan fingerprint density at radius 2 is 0.804 bits per heavy atom. The maximum atomic E-state index is 12.7. The Morgan fingerprint density at radius 3 is 1.25 bits per heavy atom. The van der Waals surface area contributed by atoms with Gasteiger partial charge < -0.3 is 14.2 Å². The summed E-state index contributed by atoms with van der Waals surface area (Å²) in [6, 6.07) is 0. The molecule has 0 amide bonds. The lowest BCUT2D eigenvalue weighted by molar-refractivity contribution is -0.162. The van der Waals surface area contributed by atoms with E-state index in [1.807, 2.05) is 6.08 Å². The van der Waals surface area contributed by atoms with Gasteiger partial charge in [0, 0.05) is 19.4 Å². The van der Waals surface area contributed by atoms with Crippen molar-refractivity contribution in [2.75, 3.05) is 19.8 Å². The Hall–Kier alpha value is -2.66. The van der Waals surface area contributed by atoms with Gasteiger partial charge in [0.2, 0.25) is 0 Å². The Balaban J connectivity index is 4.23. The SMILES string of the molecule is CC/C=C\C/C=C\C/C=C\C/C=C\C/C=C\C/C=C\CCC(=O)OCC(COCCCCCCCC)OC(=O)CCCCCCCCCCCCCCCCC. The van der Waals surface area contributed by atoms with Gasteiger partial charge in [-0.2, -0.15) is 0 Å². The molecule has 0 radical (unpaired) electrons. The van der Waals surface area contributed by atoms with Crippen molar-refractivity contribution in [3.05, 3.63) is 72.9 Å². The molecule has 0 spiro atoms. The smallest absolute Gasteiger partial charge is 0.306 e. The summed E-state index contributed by atoms with van der Waals surface area (Å²) in [6.45, 7) is 7.60. The maximum absolute atomic E-state index is 12.7. The van der Waals surface area contributed by atoms with E-state index in [9.17, 15) is 9.59 Å². The van der Waals surface area contributed by atoms with E-state index in [0.717, 1.165) is 64.2 Å². The Bertz CT molecular complexity index is 1020. The Kier molecular flexibility index (Phi) is 44.5. The zero-order valence-electron chi connectivity index (χ0n) is 36.9. The van der Waals surface area contributed by atoms with Crippen molar-refractivity contribution in [3.63, 3.8) is 0 Å². The number of esters is 2. The van der Waals surface area contributed by atoms with Crippen LogP contribution in [0.15, 0.2) is 72.9 Å². The van der Waals surface area contributed by atoms with E-state index in [1.54, 1.807) is 0 Å². The van der Waals surface area contributed by atoms with Crippen LogP contribution in [0.5, 0.6) is 0 Å². The minimum Gasteiger partial charge on any atom is -0.462 e. The average molecular weight is 781 g/mol. The second-order valence-corrected chi connectivity index (χ2v) is 15.3. The molecule has 0 saturated carbocycles. The molecule has 56 heavy (non-hydrogen) atoms. The van der Waals surface area contributed by atoms with Crippen molar-refractivity contribution in [3.8, 4) is 0 Å². The van der Waals surface area contributed by atoms with E-state index in [2.05, 4.69) is 87.6 Å². The maximum Gasteiger partial charge on any atom is 0.306 e. The molecule has 0 saturated heterocycles. The first-order valence-electron chi connectivity index (χ1n) is 23.5. The van der Waals surface area contributed by atoms with Crippen LogP contribution >= 0.6 is 0 Å². The van der Waals surface area contributed by atoms with E-state index < -0.39 is 6.10 Å². The quantitative estimate of drug-likeness (QED) is 0.0351. The van der Waals surface area contributed by atoms with Gasteiger partial charge in [0.1, 0.15) is 6.61 Å². The summed E-state index contributed by atoms with van der Waals surface area (Å²) in [5, 5.41) is 0. The van der Waals surface area contributed by atoms with E-state index in [-0.39, 0.29) is 25.2 Å². The van der Waals surface area contributed by atoms with Crippen LogP contribution in [0.1, 0.15) is 213 Å². The van der Waals surface area contributed by atoms with Crippen LogP contribution in [-0.4, -0.2) is 37.9 Å². The van der Waals surface area contributed by atoms with Crippen LogP contribution < -0.4 is 0 Å². The third kappa shape index (κ3) is 44.1. The predicted molar refractivity (Wildman–Crippen MR) is 242 cm³/mol. The predicted octanol–water partition coefficient (Wildman–Crippen LogP) is 15.6. The molecule has 0 rings (SSSR count). The van der Waals surface area contributed by atoms with Gasteiger partial charge in [-0.3, -0.25) is 9.59 Å². The van der Waals surface area contributed by atoms with E-state index in [4.69, 9.17) is 14.2 Å². The number of allylic oxidation sites excluding steroid dienone is 12. The first-order valence-corrected chi connectivity index (χ1v) is 23.5. The van der Waals surface area contributed by atoms with Gasteiger partial charge in [-0.05, 0) is 57.8 Å². The van der Waals surface area contributed by atoms with Gasteiger partial charge in [-0.25, -0.2) is 0 Å². The van der Waals surface area contributed by atoms with Gasteiger partial charge in [-0.15, -0.1) is 0 Å². The first-order chi connectivity index (χ1) is 27.6. The summed E-state index contributed by atoms with van der Waals surface area (Å²) >= 11 is 0. The number of unbranched alkanes of at least 4 members (excludes halogenated alkanes) is 19. The molecule has 0 aliphatic heterocycles. The molecule has 1 atom stereocenters. The largest absolute Gasteiger partial charge is 0.462 e. The second-order valence-electron chi connectivity index (χ2n) is 15.3. The van der Waals surface area contributed by atoms with Crippen LogP contribution in [0.4, 0.5) is 0 Å². The van der Waals surface area contributed by atoms with E-state index in [1.165, 1.54) is 109 Å². The molecule has 0 heterocycles. The summed E-state index contributed by atoms with van der Waals surface area (Å²) in [6.07, 6.45) is 59.2. The number of hydrogen-bond donors (Lipinski definition) is 0. The van der Waals surface area contributed by atoms with Gasteiger partial charge in [0.15, 0.2) is 6.10 Å². The van der Waals surface area contributed by atoms with Crippen LogP contribution in [-0.2, 0) is 23.8 Å². The highest BCUT2D eigenvalue weighted by molar-refractivity contribution is 5.70. The van der Waals surface area contributed by atoms with Gasteiger partial charge in [-0.1, -0.05) is 216 Å². The van der Waals surface area contributed by atoms with Crippen molar-refractivity contribution in [1.29, 1.82) is 0 Å². The molecule has 0 bridgehead atoms. The summed E-state index contributed by atoms with van der Waals surface area (Å²) in [7, 11) is 0. The topological polar surface area (TPSA) is 61.8 Å². The van der Waals surface area contributed by atoms with Crippen molar-refractivity contribution >= 4 is 11.9 Å². The lowest BCUT2D eigenvalue weighted by atomic mass is 10.0. The molecule has 0 fully saturated rings. The molecule has 1 unspecified atom stereocenters. The Labute approximate surface area is 347 Å². The monoisotopic (exact) mass is 781 g/mol. The lowest BCUT2D eigenvalue weighted by Crippen LogP contribution is -2.30. The molecule has 0 aromatic heterocycles. The van der Waals surface area contributed by atoms with Crippen LogP contribution in [0.2, 0.25) is 0 Å². The highest BCUT2D eigenvalue weighted by Gasteiger charge is 2.17. The Morgan fingerprint density at radius 1 is 0.411 bits per heavy atom. The van der Waals surface area contributed by atoms with Gasteiger partial charge >= 0.3 is 11.9 Å². The molecule has 322 valence electrons. The molecule has 5 heteroatoms. The number of carbonyl (C=O) groups is 2. The van der Waals surface area contributed by atoms with Crippen molar-refractivity contribution in [1.82, 2.24) is 0 Å². The molecule has 0 aromatic carbocycles. The third-order valence-electron chi connectivity index (χ3n) is 9.77. The number of carbonyl (C=O) groups excluding carboxylic acids is 2. The summed E-state index contributed by atoms with van der Waals surface area (Å²) < 4.78 is 17.2. The average Bonchev–Trinajstić information content (AvgIpc) is 3.20. The van der Waals surface area contributed by atoms with Crippen LogP contribution in [0.3, 0.4) is 0 Å². The van der Waals surface area contributed by atoms with Gasteiger partial charge in [0.25, 0.3) is 0 Å². The first kappa shape index (κ1) is 53.3. The minimum absolute atomic E-state index is 0.0453. The fraction of sp³-hybridized carbons (Fsp3) is 0.725. The molecule has 0 aliphatic rings. The fourth-order valence-corrected chi connectivity index (χ4v) is 6.30. The summed E-state index contributed by atoms with van der Waals surface area (Å²) in [5.74, 6) is -0.495. The number of hydrogen-bond acceptors (Lipinski definition) is 5. The normalized spacial score (nSPS) is 12.8. The molecule has 0 aliphatic carbocycles.